The smallest absolute Gasteiger partial charge is 0.308 e. The second kappa shape index (κ2) is 10.1. The van der Waals surface area contributed by atoms with Gasteiger partial charge in [-0.2, -0.15) is 0 Å². The van der Waals surface area contributed by atoms with E-state index in [4.69, 9.17) is 4.74 Å². The number of carbonyl (C=O) groups excluding carboxylic acids is 3. The third-order valence-electron chi connectivity index (χ3n) is 5.22. The number of hydrogen-bond acceptors (Lipinski definition) is 4. The average molecular weight is 408 g/mol. The highest BCUT2D eigenvalue weighted by Crippen LogP contribution is 2.19. The highest BCUT2D eigenvalue weighted by atomic mass is 16.5. The van der Waals surface area contributed by atoms with Crippen molar-refractivity contribution in [2.24, 2.45) is 0 Å². The van der Waals surface area contributed by atoms with Crippen molar-refractivity contribution in [3.05, 3.63) is 70.8 Å². The van der Waals surface area contributed by atoms with Gasteiger partial charge in [-0.15, -0.1) is 0 Å². The Morgan fingerprint density at radius 3 is 2.23 bits per heavy atom. The molecule has 0 radical (unpaired) electrons. The summed E-state index contributed by atoms with van der Waals surface area (Å²) in [6.45, 7) is 5.16. The number of rotatable bonds is 7. The first-order chi connectivity index (χ1) is 14.4. The lowest BCUT2D eigenvalue weighted by molar-refractivity contribution is -0.145. The van der Waals surface area contributed by atoms with Crippen LogP contribution in [-0.2, 0) is 20.9 Å². The van der Waals surface area contributed by atoms with E-state index in [2.05, 4.69) is 5.32 Å². The van der Waals surface area contributed by atoms with Crippen LogP contribution in [0.5, 0.6) is 0 Å². The maximum atomic E-state index is 12.4. The van der Waals surface area contributed by atoms with Crippen molar-refractivity contribution in [3.63, 3.8) is 0 Å². The Kier molecular flexibility index (Phi) is 7.22. The fourth-order valence-corrected chi connectivity index (χ4v) is 3.53. The van der Waals surface area contributed by atoms with E-state index in [0.717, 1.165) is 42.6 Å². The monoisotopic (exact) mass is 408 g/mol. The number of aryl methyl sites for hydroxylation is 1. The Balaban J connectivity index is 1.55. The first-order valence-corrected chi connectivity index (χ1v) is 10.3. The first-order valence-electron chi connectivity index (χ1n) is 10.3. The molecule has 1 unspecified atom stereocenters. The van der Waals surface area contributed by atoms with E-state index in [1.807, 2.05) is 48.2 Å². The van der Waals surface area contributed by atoms with Gasteiger partial charge >= 0.3 is 5.97 Å². The molecule has 6 nitrogen and oxygen atoms in total. The second-order valence-electron chi connectivity index (χ2n) is 7.72. The highest BCUT2D eigenvalue weighted by Gasteiger charge is 2.20. The summed E-state index contributed by atoms with van der Waals surface area (Å²) in [7, 11) is 0. The van der Waals surface area contributed by atoms with Gasteiger partial charge in [0.15, 0.2) is 0 Å². The molecule has 1 N–H and O–H groups in total. The van der Waals surface area contributed by atoms with Gasteiger partial charge in [-0.3, -0.25) is 14.4 Å². The quantitative estimate of drug-likeness (QED) is 0.711. The summed E-state index contributed by atoms with van der Waals surface area (Å²) in [5.74, 6) is -0.550. The zero-order valence-corrected chi connectivity index (χ0v) is 17.5. The molecule has 1 saturated heterocycles. The molecule has 1 fully saturated rings. The Morgan fingerprint density at radius 1 is 1.00 bits per heavy atom. The number of carbonyl (C=O) groups is 3. The summed E-state index contributed by atoms with van der Waals surface area (Å²) in [4.78, 5) is 38.2. The van der Waals surface area contributed by atoms with Crippen LogP contribution in [0.15, 0.2) is 48.5 Å². The van der Waals surface area contributed by atoms with E-state index in [0.29, 0.717) is 5.56 Å². The standard InChI is InChI=1S/C24H28N2O4/c1-17-5-9-20(10-6-17)22(25-18(2)27)15-23(28)30-16-19-7-11-21(12-8-19)24(29)26-13-3-4-14-26/h5-12,22H,3-4,13-16H2,1-2H3,(H,25,27). The molecule has 158 valence electrons. The van der Waals surface area contributed by atoms with Crippen molar-refractivity contribution in [2.75, 3.05) is 13.1 Å². The molecule has 3 rings (SSSR count). The third kappa shape index (κ3) is 5.92. The number of nitrogens with one attached hydrogen (secondary N) is 1. The average Bonchev–Trinajstić information content (AvgIpc) is 3.27. The Hall–Kier alpha value is -3.15. The predicted molar refractivity (Wildman–Crippen MR) is 114 cm³/mol. The van der Waals surface area contributed by atoms with Gasteiger partial charge in [0.2, 0.25) is 5.91 Å². The van der Waals surface area contributed by atoms with Gasteiger partial charge in [0.05, 0.1) is 12.5 Å². The van der Waals surface area contributed by atoms with E-state index in [9.17, 15) is 14.4 Å². The Labute approximate surface area is 177 Å². The van der Waals surface area contributed by atoms with Gasteiger partial charge < -0.3 is 15.0 Å². The van der Waals surface area contributed by atoms with Crippen LogP contribution in [0.4, 0.5) is 0 Å². The number of benzene rings is 2. The van der Waals surface area contributed by atoms with Crippen molar-refractivity contribution in [1.82, 2.24) is 10.2 Å². The van der Waals surface area contributed by atoms with Crippen molar-refractivity contribution in [2.45, 2.75) is 45.8 Å². The number of esters is 1. The van der Waals surface area contributed by atoms with Gasteiger partial charge in [0.25, 0.3) is 5.91 Å². The number of nitrogens with zero attached hydrogens (tertiary/aromatic N) is 1. The topological polar surface area (TPSA) is 75.7 Å². The maximum absolute atomic E-state index is 12.4. The van der Waals surface area contributed by atoms with E-state index < -0.39 is 12.0 Å². The molecule has 1 aliphatic heterocycles. The molecular weight excluding hydrogens is 380 g/mol. The number of ether oxygens (including phenoxy) is 1. The Morgan fingerprint density at radius 2 is 1.63 bits per heavy atom. The minimum Gasteiger partial charge on any atom is -0.461 e. The molecule has 0 aliphatic carbocycles. The van der Waals surface area contributed by atoms with E-state index in [-0.39, 0.29) is 24.8 Å². The molecule has 1 aliphatic rings. The van der Waals surface area contributed by atoms with Crippen molar-refractivity contribution in [1.29, 1.82) is 0 Å². The van der Waals surface area contributed by atoms with Crippen molar-refractivity contribution >= 4 is 17.8 Å². The number of amides is 2. The summed E-state index contributed by atoms with van der Waals surface area (Å²) in [6.07, 6.45) is 2.16. The van der Waals surface area contributed by atoms with Crippen molar-refractivity contribution < 1.29 is 19.1 Å². The van der Waals surface area contributed by atoms with Gasteiger partial charge in [-0.1, -0.05) is 42.0 Å². The van der Waals surface area contributed by atoms with Crippen LogP contribution in [0.2, 0.25) is 0 Å². The fourth-order valence-electron chi connectivity index (χ4n) is 3.53. The van der Waals surface area contributed by atoms with Crippen LogP contribution in [0.3, 0.4) is 0 Å². The van der Waals surface area contributed by atoms with Crippen LogP contribution in [0.25, 0.3) is 0 Å². The molecule has 2 aromatic rings. The zero-order valence-electron chi connectivity index (χ0n) is 17.5. The SMILES string of the molecule is CC(=O)NC(CC(=O)OCc1ccc(C(=O)N2CCCC2)cc1)c1ccc(C)cc1. The second-order valence-corrected chi connectivity index (χ2v) is 7.72. The molecule has 30 heavy (non-hydrogen) atoms. The van der Waals surface area contributed by atoms with Crippen LogP contribution in [0, 0.1) is 6.92 Å². The normalized spacial score (nSPS) is 14.3. The molecule has 1 heterocycles. The van der Waals surface area contributed by atoms with E-state index in [1.165, 1.54) is 6.92 Å². The molecule has 0 spiro atoms. The lowest BCUT2D eigenvalue weighted by Gasteiger charge is -2.18. The highest BCUT2D eigenvalue weighted by molar-refractivity contribution is 5.94. The molecule has 0 saturated carbocycles. The molecule has 6 heteroatoms. The molecule has 2 amide bonds. The van der Waals surface area contributed by atoms with Crippen LogP contribution < -0.4 is 5.32 Å². The maximum Gasteiger partial charge on any atom is 0.308 e. The van der Waals surface area contributed by atoms with Gasteiger partial charge in [0, 0.05) is 25.6 Å². The zero-order chi connectivity index (χ0) is 21.5. The Bertz CT molecular complexity index is 884. The fraction of sp³-hybridized carbons (Fsp3) is 0.375. The molecular formula is C24H28N2O4. The molecule has 0 aromatic heterocycles. The largest absolute Gasteiger partial charge is 0.461 e. The lowest BCUT2D eigenvalue weighted by Crippen LogP contribution is -2.28. The molecule has 0 bridgehead atoms. The lowest BCUT2D eigenvalue weighted by atomic mass is 10.0. The van der Waals surface area contributed by atoms with Gasteiger partial charge in [-0.25, -0.2) is 0 Å². The third-order valence-corrected chi connectivity index (χ3v) is 5.22. The van der Waals surface area contributed by atoms with Gasteiger partial charge in [-0.05, 0) is 43.0 Å². The predicted octanol–water partition coefficient (Wildman–Crippen LogP) is 3.54. The van der Waals surface area contributed by atoms with Crippen LogP contribution in [0.1, 0.15) is 59.3 Å². The van der Waals surface area contributed by atoms with Gasteiger partial charge in [0.1, 0.15) is 6.61 Å². The minimum atomic E-state index is -0.434. The molecule has 1 atom stereocenters. The summed E-state index contributed by atoms with van der Waals surface area (Å²) in [6, 6.07) is 14.4. The van der Waals surface area contributed by atoms with E-state index >= 15 is 0 Å². The van der Waals surface area contributed by atoms with Crippen LogP contribution >= 0.6 is 0 Å². The minimum absolute atomic E-state index is 0.0484. The van der Waals surface area contributed by atoms with Crippen LogP contribution in [-0.4, -0.2) is 35.8 Å². The van der Waals surface area contributed by atoms with Crippen molar-refractivity contribution in [3.8, 4) is 0 Å². The number of hydrogen-bond donors (Lipinski definition) is 1. The first kappa shape index (κ1) is 21.6. The summed E-state index contributed by atoms with van der Waals surface area (Å²) in [5.41, 5.74) is 3.43. The number of likely N-dealkylation sites (tertiary alicyclic amines) is 1. The summed E-state index contributed by atoms with van der Waals surface area (Å²) >= 11 is 0. The summed E-state index contributed by atoms with van der Waals surface area (Å²) < 4.78 is 5.40. The molecule has 2 aromatic carbocycles. The summed E-state index contributed by atoms with van der Waals surface area (Å²) in [5, 5.41) is 2.81. The van der Waals surface area contributed by atoms with E-state index in [1.54, 1.807) is 12.1 Å².